The van der Waals surface area contributed by atoms with Crippen LogP contribution in [0.1, 0.15) is 15.9 Å². The summed E-state index contributed by atoms with van der Waals surface area (Å²) in [6, 6.07) is 16.6. The summed E-state index contributed by atoms with van der Waals surface area (Å²) < 4.78 is 5.10. The van der Waals surface area contributed by atoms with E-state index in [1.54, 1.807) is 43.8 Å². The van der Waals surface area contributed by atoms with Crippen LogP contribution in [-0.2, 0) is 6.42 Å². The maximum Gasteiger partial charge on any atom is 0.167 e. The van der Waals surface area contributed by atoms with Crippen molar-refractivity contribution in [2.75, 3.05) is 7.11 Å². The second kappa shape index (κ2) is 6.83. The molecule has 0 bridgehead atoms. The molecular formula is C19H16N2O2. The van der Waals surface area contributed by atoms with Gasteiger partial charge in [-0.15, -0.1) is 0 Å². The predicted molar refractivity (Wildman–Crippen MR) is 88.5 cm³/mol. The fourth-order valence-electron chi connectivity index (χ4n) is 2.26. The van der Waals surface area contributed by atoms with Gasteiger partial charge in [0, 0.05) is 24.4 Å². The van der Waals surface area contributed by atoms with Gasteiger partial charge in [0.25, 0.3) is 0 Å². The van der Waals surface area contributed by atoms with Crippen LogP contribution in [0.5, 0.6) is 5.75 Å². The van der Waals surface area contributed by atoms with Crippen LogP contribution in [-0.4, -0.2) is 22.9 Å². The molecule has 0 saturated heterocycles. The molecule has 23 heavy (non-hydrogen) atoms. The zero-order valence-corrected chi connectivity index (χ0v) is 12.8. The molecule has 2 heterocycles. The van der Waals surface area contributed by atoms with E-state index in [1.165, 1.54) is 0 Å². The first kappa shape index (κ1) is 14.9. The molecule has 0 amide bonds. The minimum atomic E-state index is 0.0556. The SMILES string of the molecule is COc1ccc(C(=O)Cc2ccc(-c3ccccn3)nc2)cc1. The zero-order chi connectivity index (χ0) is 16.1. The fraction of sp³-hybridized carbons (Fsp3) is 0.105. The number of hydrogen-bond acceptors (Lipinski definition) is 4. The molecule has 114 valence electrons. The quantitative estimate of drug-likeness (QED) is 0.676. The highest BCUT2D eigenvalue weighted by molar-refractivity contribution is 5.97. The highest BCUT2D eigenvalue weighted by atomic mass is 16.5. The molecule has 0 unspecified atom stereocenters. The van der Waals surface area contributed by atoms with Crippen molar-refractivity contribution in [3.8, 4) is 17.1 Å². The Morgan fingerprint density at radius 2 is 1.74 bits per heavy atom. The van der Waals surface area contributed by atoms with Gasteiger partial charge in [-0.1, -0.05) is 12.1 Å². The summed E-state index contributed by atoms with van der Waals surface area (Å²) in [7, 11) is 1.60. The molecule has 0 spiro atoms. The molecule has 0 aliphatic carbocycles. The number of ether oxygens (including phenoxy) is 1. The Morgan fingerprint density at radius 3 is 2.35 bits per heavy atom. The van der Waals surface area contributed by atoms with Gasteiger partial charge in [-0.25, -0.2) is 0 Å². The van der Waals surface area contributed by atoms with Crippen LogP contribution in [0.2, 0.25) is 0 Å². The number of pyridine rings is 2. The molecule has 2 aromatic heterocycles. The van der Waals surface area contributed by atoms with Crippen molar-refractivity contribution in [2.24, 2.45) is 0 Å². The number of benzene rings is 1. The summed E-state index contributed by atoms with van der Waals surface area (Å²) in [4.78, 5) is 20.9. The number of nitrogens with zero attached hydrogens (tertiary/aromatic N) is 2. The molecule has 0 saturated carbocycles. The van der Waals surface area contributed by atoms with E-state index in [4.69, 9.17) is 4.74 Å². The van der Waals surface area contributed by atoms with Crippen molar-refractivity contribution in [1.82, 2.24) is 9.97 Å². The van der Waals surface area contributed by atoms with Gasteiger partial charge in [-0.3, -0.25) is 14.8 Å². The predicted octanol–water partition coefficient (Wildman–Crippen LogP) is 3.58. The number of Topliss-reactive ketones (excluding diaryl/α,β-unsaturated/α-hetero) is 1. The fourth-order valence-corrected chi connectivity index (χ4v) is 2.26. The number of hydrogen-bond donors (Lipinski definition) is 0. The van der Waals surface area contributed by atoms with Gasteiger partial charge in [0.15, 0.2) is 5.78 Å². The standard InChI is InChI=1S/C19H16N2O2/c1-23-16-8-6-15(7-9-16)19(22)12-14-5-10-18(21-13-14)17-4-2-3-11-20-17/h2-11,13H,12H2,1H3. The van der Waals surface area contributed by atoms with Crippen LogP contribution >= 0.6 is 0 Å². The molecule has 0 aliphatic rings. The van der Waals surface area contributed by atoms with Gasteiger partial charge in [0.2, 0.25) is 0 Å². The monoisotopic (exact) mass is 304 g/mol. The Balaban J connectivity index is 1.71. The van der Waals surface area contributed by atoms with E-state index in [0.717, 1.165) is 22.7 Å². The zero-order valence-electron chi connectivity index (χ0n) is 12.8. The lowest BCUT2D eigenvalue weighted by Crippen LogP contribution is -2.04. The van der Waals surface area contributed by atoms with Crippen molar-refractivity contribution in [2.45, 2.75) is 6.42 Å². The van der Waals surface area contributed by atoms with Gasteiger partial charge in [-0.05, 0) is 48.0 Å². The molecular weight excluding hydrogens is 288 g/mol. The number of ketones is 1. The summed E-state index contributed by atoms with van der Waals surface area (Å²) in [5.74, 6) is 0.794. The third kappa shape index (κ3) is 3.61. The Bertz CT molecular complexity index is 782. The normalized spacial score (nSPS) is 10.3. The minimum absolute atomic E-state index is 0.0556. The van der Waals surface area contributed by atoms with E-state index in [-0.39, 0.29) is 5.78 Å². The third-order valence-electron chi connectivity index (χ3n) is 3.53. The lowest BCUT2D eigenvalue weighted by Gasteiger charge is -2.04. The summed E-state index contributed by atoms with van der Waals surface area (Å²) in [5.41, 5.74) is 3.16. The average Bonchev–Trinajstić information content (AvgIpc) is 2.63. The van der Waals surface area contributed by atoms with E-state index in [2.05, 4.69) is 9.97 Å². The highest BCUT2D eigenvalue weighted by Gasteiger charge is 2.08. The maximum absolute atomic E-state index is 12.3. The average molecular weight is 304 g/mol. The van der Waals surface area contributed by atoms with Crippen LogP contribution in [0.4, 0.5) is 0 Å². The molecule has 0 fully saturated rings. The molecule has 4 nitrogen and oxygen atoms in total. The Morgan fingerprint density at radius 1 is 0.957 bits per heavy atom. The lowest BCUT2D eigenvalue weighted by atomic mass is 10.0. The molecule has 3 rings (SSSR count). The molecule has 3 aromatic rings. The molecule has 4 heteroatoms. The van der Waals surface area contributed by atoms with Crippen LogP contribution in [0.15, 0.2) is 67.0 Å². The van der Waals surface area contributed by atoms with Gasteiger partial charge in [0.1, 0.15) is 5.75 Å². The molecule has 0 N–H and O–H groups in total. The van der Waals surface area contributed by atoms with Gasteiger partial charge >= 0.3 is 0 Å². The van der Waals surface area contributed by atoms with E-state index in [9.17, 15) is 4.79 Å². The van der Waals surface area contributed by atoms with Crippen LogP contribution < -0.4 is 4.74 Å². The highest BCUT2D eigenvalue weighted by Crippen LogP contribution is 2.16. The number of rotatable bonds is 5. The third-order valence-corrected chi connectivity index (χ3v) is 3.53. The topological polar surface area (TPSA) is 52.1 Å². The second-order valence-electron chi connectivity index (χ2n) is 5.10. The Hall–Kier alpha value is -3.01. The smallest absolute Gasteiger partial charge is 0.167 e. The van der Waals surface area contributed by atoms with E-state index in [0.29, 0.717) is 12.0 Å². The summed E-state index contributed by atoms with van der Waals surface area (Å²) in [6.45, 7) is 0. The first-order valence-electron chi connectivity index (χ1n) is 7.30. The molecule has 0 radical (unpaired) electrons. The van der Waals surface area contributed by atoms with Crippen LogP contribution in [0.25, 0.3) is 11.4 Å². The van der Waals surface area contributed by atoms with Gasteiger partial charge in [-0.2, -0.15) is 0 Å². The Kier molecular flexibility index (Phi) is 4.43. The first-order chi connectivity index (χ1) is 11.3. The summed E-state index contributed by atoms with van der Waals surface area (Å²) in [6.07, 6.45) is 3.78. The van der Waals surface area contributed by atoms with Crippen LogP contribution in [0, 0.1) is 0 Å². The summed E-state index contributed by atoms with van der Waals surface area (Å²) in [5, 5.41) is 0. The van der Waals surface area contributed by atoms with Crippen molar-refractivity contribution >= 4 is 5.78 Å². The van der Waals surface area contributed by atoms with Gasteiger partial charge in [0.05, 0.1) is 18.5 Å². The lowest BCUT2D eigenvalue weighted by molar-refractivity contribution is 0.0993. The van der Waals surface area contributed by atoms with Crippen LogP contribution in [0.3, 0.4) is 0 Å². The molecule has 1 aromatic carbocycles. The number of carbonyl (C=O) groups excluding carboxylic acids is 1. The van der Waals surface area contributed by atoms with E-state index >= 15 is 0 Å². The largest absolute Gasteiger partial charge is 0.497 e. The minimum Gasteiger partial charge on any atom is -0.497 e. The number of methoxy groups -OCH3 is 1. The van der Waals surface area contributed by atoms with E-state index in [1.807, 2.05) is 30.3 Å². The summed E-state index contributed by atoms with van der Waals surface area (Å²) >= 11 is 0. The number of aromatic nitrogens is 2. The number of carbonyl (C=O) groups is 1. The van der Waals surface area contributed by atoms with E-state index < -0.39 is 0 Å². The molecule has 0 atom stereocenters. The second-order valence-corrected chi connectivity index (χ2v) is 5.10. The van der Waals surface area contributed by atoms with Crippen molar-refractivity contribution in [3.63, 3.8) is 0 Å². The van der Waals surface area contributed by atoms with Crippen molar-refractivity contribution < 1.29 is 9.53 Å². The maximum atomic E-state index is 12.3. The van der Waals surface area contributed by atoms with Gasteiger partial charge < -0.3 is 4.74 Å². The van der Waals surface area contributed by atoms with Crippen molar-refractivity contribution in [1.29, 1.82) is 0 Å². The molecule has 0 aliphatic heterocycles. The first-order valence-corrected chi connectivity index (χ1v) is 7.30. The van der Waals surface area contributed by atoms with Crippen molar-refractivity contribution in [3.05, 3.63) is 78.1 Å². The Labute approximate surface area is 134 Å².